The van der Waals surface area contributed by atoms with Crippen LogP contribution in [0.5, 0.6) is 0 Å². The van der Waals surface area contributed by atoms with Crippen LogP contribution in [-0.2, 0) is 14.4 Å². The van der Waals surface area contributed by atoms with E-state index in [4.69, 9.17) is 0 Å². The minimum atomic E-state index is -0.245. The van der Waals surface area contributed by atoms with Gasteiger partial charge in [0.25, 0.3) is 0 Å². The fourth-order valence-electron chi connectivity index (χ4n) is 6.35. The minimum Gasteiger partial charge on any atom is -0.347 e. The van der Waals surface area contributed by atoms with Gasteiger partial charge in [-0.25, -0.2) is 0 Å². The monoisotopic (exact) mass is 556 g/mol. The third kappa shape index (κ3) is 8.04. The first-order chi connectivity index (χ1) is 18.9. The molecule has 3 N–H and O–H groups in total. The largest absolute Gasteiger partial charge is 0.347 e. The van der Waals surface area contributed by atoms with Gasteiger partial charge in [0.1, 0.15) is 0 Å². The molecular formula is C31H52N6O3. The average Bonchev–Trinajstić information content (AvgIpc) is 2.85. The molecule has 0 aliphatic carbocycles. The summed E-state index contributed by atoms with van der Waals surface area (Å²) >= 11 is 0. The predicted octanol–water partition coefficient (Wildman–Crippen LogP) is 2.07. The summed E-state index contributed by atoms with van der Waals surface area (Å²) in [5.74, 6) is 0.206. The summed E-state index contributed by atoms with van der Waals surface area (Å²) in [5, 5.41) is 9.29. The molecule has 40 heavy (non-hydrogen) atoms. The lowest BCUT2D eigenvalue weighted by Crippen LogP contribution is -2.70. The number of amides is 3. The van der Waals surface area contributed by atoms with Crippen molar-refractivity contribution in [3.8, 4) is 0 Å². The van der Waals surface area contributed by atoms with Crippen molar-refractivity contribution in [2.45, 2.75) is 103 Å². The van der Waals surface area contributed by atoms with Gasteiger partial charge in [-0.2, -0.15) is 0 Å². The highest BCUT2D eigenvalue weighted by molar-refractivity contribution is 5.88. The maximum Gasteiger partial charge on any atom is 0.244 e. The molecule has 3 saturated heterocycles. The normalized spacial score (nSPS) is 28.4. The Morgan fingerprint density at radius 3 is 2.10 bits per heavy atom. The molecule has 224 valence electrons. The SMILES string of the molecule is C=CC(=O)NC1CN(C(C)C/C=C/C(=O)NC2(C)CN(C(C)C/C=C/C(=O)NC3CN(CC)C3C)C2)C1C(C)C. The Bertz CT molecular complexity index is 972. The molecule has 0 radical (unpaired) electrons. The summed E-state index contributed by atoms with van der Waals surface area (Å²) < 4.78 is 0. The Balaban J connectivity index is 1.33. The van der Waals surface area contributed by atoms with E-state index in [1.165, 1.54) is 6.08 Å². The van der Waals surface area contributed by atoms with Gasteiger partial charge in [-0.05, 0) is 71.2 Å². The zero-order valence-electron chi connectivity index (χ0n) is 25.7. The second-order valence-electron chi connectivity index (χ2n) is 12.6. The van der Waals surface area contributed by atoms with Crippen LogP contribution in [0, 0.1) is 5.92 Å². The van der Waals surface area contributed by atoms with Crippen LogP contribution in [0.15, 0.2) is 37.0 Å². The van der Waals surface area contributed by atoms with Crippen molar-refractivity contribution in [1.82, 2.24) is 30.7 Å². The quantitative estimate of drug-likeness (QED) is 0.284. The third-order valence-electron chi connectivity index (χ3n) is 8.93. The molecule has 3 heterocycles. The van der Waals surface area contributed by atoms with E-state index in [1.807, 2.05) is 12.2 Å². The van der Waals surface area contributed by atoms with Gasteiger partial charge in [0.2, 0.25) is 17.7 Å². The van der Waals surface area contributed by atoms with E-state index < -0.39 is 0 Å². The van der Waals surface area contributed by atoms with Crippen LogP contribution in [0.1, 0.15) is 61.3 Å². The summed E-state index contributed by atoms with van der Waals surface area (Å²) in [5.41, 5.74) is -0.245. The molecule has 0 aromatic rings. The first-order valence-electron chi connectivity index (χ1n) is 15.0. The van der Waals surface area contributed by atoms with Gasteiger partial charge in [-0.3, -0.25) is 29.1 Å². The second kappa shape index (κ2) is 13.9. The Labute approximate surface area is 241 Å². The lowest BCUT2D eigenvalue weighted by Gasteiger charge is -2.53. The van der Waals surface area contributed by atoms with E-state index in [0.717, 1.165) is 45.6 Å². The molecule has 3 aliphatic heterocycles. The number of nitrogens with zero attached hydrogens (tertiary/aromatic N) is 3. The van der Waals surface area contributed by atoms with Crippen molar-refractivity contribution < 1.29 is 14.4 Å². The standard InChI is InChI=1S/C31H52N6O3/c1-9-27(38)33-26-18-37(30(26)21(3)4)23(6)14-12-16-29(40)34-31(8)19-36(20-31)22(5)13-11-15-28(39)32-25-17-35(10-2)24(25)7/h9,11-12,15-16,21-26,30H,1,10,13-14,17-20H2,2-8H3,(H,32,39)(H,33,38)(H,34,40)/b15-11+,16-12+. The molecular weight excluding hydrogens is 504 g/mol. The fraction of sp³-hybridized carbons (Fsp3) is 0.710. The van der Waals surface area contributed by atoms with Crippen molar-refractivity contribution in [1.29, 1.82) is 0 Å². The zero-order chi connectivity index (χ0) is 29.6. The molecule has 0 saturated carbocycles. The van der Waals surface area contributed by atoms with Crippen molar-refractivity contribution in [3.05, 3.63) is 37.0 Å². The summed E-state index contributed by atoms with van der Waals surface area (Å²) in [6.07, 6.45) is 10.1. The number of hydrogen-bond acceptors (Lipinski definition) is 6. The topological polar surface area (TPSA) is 97.0 Å². The maximum absolute atomic E-state index is 12.6. The van der Waals surface area contributed by atoms with E-state index in [1.54, 1.807) is 12.2 Å². The smallest absolute Gasteiger partial charge is 0.244 e. The molecule has 9 heteroatoms. The molecule has 6 atom stereocenters. The van der Waals surface area contributed by atoms with Gasteiger partial charge in [-0.1, -0.05) is 39.5 Å². The number of likely N-dealkylation sites (tertiary alicyclic amines) is 3. The first kappa shape index (κ1) is 32.0. The van der Waals surface area contributed by atoms with Crippen molar-refractivity contribution >= 4 is 17.7 Å². The zero-order valence-corrected chi connectivity index (χ0v) is 25.7. The molecule has 0 spiro atoms. The van der Waals surface area contributed by atoms with Crippen LogP contribution in [0.4, 0.5) is 0 Å². The number of rotatable bonds is 14. The highest BCUT2D eigenvalue weighted by Gasteiger charge is 2.43. The molecule has 3 rings (SSSR count). The highest BCUT2D eigenvalue weighted by atomic mass is 16.2. The summed E-state index contributed by atoms with van der Waals surface area (Å²) in [6.45, 7) is 22.9. The summed E-state index contributed by atoms with van der Waals surface area (Å²) in [4.78, 5) is 43.7. The Hall–Kier alpha value is -2.49. The van der Waals surface area contributed by atoms with Gasteiger partial charge in [-0.15, -0.1) is 0 Å². The van der Waals surface area contributed by atoms with Crippen LogP contribution in [0.3, 0.4) is 0 Å². The van der Waals surface area contributed by atoms with E-state index in [-0.39, 0.29) is 47.4 Å². The predicted molar refractivity (Wildman–Crippen MR) is 161 cm³/mol. The third-order valence-corrected chi connectivity index (χ3v) is 8.93. The summed E-state index contributed by atoms with van der Waals surface area (Å²) in [6, 6.07) is 1.64. The first-order valence-corrected chi connectivity index (χ1v) is 15.0. The number of carbonyl (C=O) groups excluding carboxylic acids is 3. The highest BCUT2D eigenvalue weighted by Crippen LogP contribution is 2.29. The molecule has 3 aliphatic rings. The Morgan fingerprint density at radius 1 is 0.925 bits per heavy atom. The molecule has 0 aromatic carbocycles. The van der Waals surface area contributed by atoms with Gasteiger partial charge in [0.05, 0.1) is 17.6 Å². The number of nitrogens with one attached hydrogen (secondary N) is 3. The van der Waals surface area contributed by atoms with Crippen molar-refractivity contribution in [3.63, 3.8) is 0 Å². The van der Waals surface area contributed by atoms with Gasteiger partial charge in [0, 0.05) is 50.3 Å². The van der Waals surface area contributed by atoms with E-state index in [2.05, 4.69) is 85.7 Å². The molecule has 6 unspecified atom stereocenters. The number of hydrogen-bond donors (Lipinski definition) is 3. The van der Waals surface area contributed by atoms with E-state index >= 15 is 0 Å². The van der Waals surface area contributed by atoms with Crippen LogP contribution >= 0.6 is 0 Å². The van der Waals surface area contributed by atoms with Gasteiger partial charge >= 0.3 is 0 Å². The molecule has 3 fully saturated rings. The lowest BCUT2D eigenvalue weighted by molar-refractivity contribution is -0.121. The summed E-state index contributed by atoms with van der Waals surface area (Å²) in [7, 11) is 0. The Morgan fingerprint density at radius 2 is 1.52 bits per heavy atom. The fourth-order valence-corrected chi connectivity index (χ4v) is 6.35. The number of carbonyl (C=O) groups is 3. The van der Waals surface area contributed by atoms with Crippen LogP contribution in [-0.4, -0.2) is 107 Å². The van der Waals surface area contributed by atoms with Crippen molar-refractivity contribution in [2.24, 2.45) is 5.92 Å². The van der Waals surface area contributed by atoms with Crippen molar-refractivity contribution in [2.75, 3.05) is 32.7 Å². The average molecular weight is 557 g/mol. The van der Waals surface area contributed by atoms with Gasteiger partial charge < -0.3 is 16.0 Å². The lowest BCUT2D eigenvalue weighted by atomic mass is 9.84. The van der Waals surface area contributed by atoms with Crippen LogP contribution in [0.2, 0.25) is 0 Å². The van der Waals surface area contributed by atoms with Crippen LogP contribution < -0.4 is 16.0 Å². The molecule has 0 aromatic heterocycles. The second-order valence-corrected chi connectivity index (χ2v) is 12.6. The Kier molecular flexibility index (Phi) is 11.1. The minimum absolute atomic E-state index is 0.0188. The van der Waals surface area contributed by atoms with Crippen LogP contribution in [0.25, 0.3) is 0 Å². The molecule has 0 bridgehead atoms. The number of likely N-dealkylation sites (N-methyl/N-ethyl adjacent to an activating group) is 1. The molecule has 9 nitrogen and oxygen atoms in total. The molecule has 3 amide bonds. The van der Waals surface area contributed by atoms with E-state index in [0.29, 0.717) is 18.0 Å². The van der Waals surface area contributed by atoms with Gasteiger partial charge in [0.15, 0.2) is 0 Å². The maximum atomic E-state index is 12.6. The van der Waals surface area contributed by atoms with E-state index in [9.17, 15) is 14.4 Å².